The average Bonchev–Trinajstić information content (AvgIpc) is 2.87. The number of benzene rings is 4. The topological polar surface area (TPSA) is 69.2 Å². The number of nitrogens with zero attached hydrogens (tertiary/aromatic N) is 1. The number of amides is 1. The summed E-state index contributed by atoms with van der Waals surface area (Å²) in [6.07, 6.45) is 1.46. The van der Waals surface area contributed by atoms with Crippen LogP contribution in [-0.4, -0.2) is 25.8 Å². The van der Waals surface area contributed by atoms with Crippen LogP contribution in [0.2, 0.25) is 5.02 Å². The maximum Gasteiger partial charge on any atom is 0.265 e. The third kappa shape index (κ3) is 6.31. The van der Waals surface area contributed by atoms with Gasteiger partial charge in [0.25, 0.3) is 5.91 Å². The second kappa shape index (κ2) is 11.4. The number of ether oxygens (including phenoxy) is 2. The zero-order valence-corrected chi connectivity index (χ0v) is 20.2. The van der Waals surface area contributed by atoms with Crippen molar-refractivity contribution in [3.63, 3.8) is 0 Å². The lowest BCUT2D eigenvalue weighted by atomic mass is 10.1. The van der Waals surface area contributed by atoms with Crippen LogP contribution in [0, 0.1) is 6.92 Å². The minimum Gasteiger partial charge on any atom is -0.493 e. The quantitative estimate of drug-likeness (QED) is 0.219. The van der Waals surface area contributed by atoms with Crippen molar-refractivity contribution in [2.75, 3.05) is 19.0 Å². The standard InChI is InChI=1S/C28H25ClN2O4/c1-19-10-12-23(13-11-19)31-27(32)18-35-30-16-20-14-25(29)28(26(15-20)33-2)34-17-22-8-5-7-21-6-3-4-9-24(21)22/h3-16H,17-18H2,1-2H3,(H,31,32)/b30-16+. The number of carbonyl (C=O) groups is 1. The smallest absolute Gasteiger partial charge is 0.265 e. The predicted octanol–water partition coefficient (Wildman–Crippen LogP) is 6.38. The Morgan fingerprint density at radius 2 is 1.80 bits per heavy atom. The number of oxime groups is 1. The van der Waals surface area contributed by atoms with Gasteiger partial charge in [-0.05, 0) is 47.5 Å². The van der Waals surface area contributed by atoms with Crippen molar-refractivity contribution in [3.8, 4) is 11.5 Å². The monoisotopic (exact) mass is 488 g/mol. The number of rotatable bonds is 9. The average molecular weight is 489 g/mol. The van der Waals surface area contributed by atoms with Crippen LogP contribution in [0.3, 0.4) is 0 Å². The third-order valence-electron chi connectivity index (χ3n) is 5.31. The Morgan fingerprint density at radius 1 is 1.03 bits per heavy atom. The normalized spacial score (nSPS) is 10.9. The molecule has 4 rings (SSSR count). The van der Waals surface area contributed by atoms with E-state index >= 15 is 0 Å². The molecule has 4 aromatic carbocycles. The van der Waals surface area contributed by atoms with E-state index in [1.54, 1.807) is 19.2 Å². The Hall–Kier alpha value is -4.03. The van der Waals surface area contributed by atoms with E-state index in [0.717, 1.165) is 21.9 Å². The fourth-order valence-corrected chi connectivity index (χ4v) is 3.82. The summed E-state index contributed by atoms with van der Waals surface area (Å²) >= 11 is 6.49. The third-order valence-corrected chi connectivity index (χ3v) is 5.59. The van der Waals surface area contributed by atoms with Crippen LogP contribution >= 0.6 is 11.6 Å². The van der Waals surface area contributed by atoms with Crippen LogP contribution in [0.25, 0.3) is 10.8 Å². The summed E-state index contributed by atoms with van der Waals surface area (Å²) in [5, 5.41) is 9.26. The summed E-state index contributed by atoms with van der Waals surface area (Å²) < 4.78 is 11.5. The molecule has 0 saturated heterocycles. The molecular weight excluding hydrogens is 464 g/mol. The Kier molecular flexibility index (Phi) is 7.85. The molecule has 0 aliphatic rings. The molecule has 178 valence electrons. The molecule has 0 spiro atoms. The number of methoxy groups -OCH3 is 1. The van der Waals surface area contributed by atoms with Crippen LogP contribution in [-0.2, 0) is 16.2 Å². The Bertz CT molecular complexity index is 1350. The van der Waals surface area contributed by atoms with Gasteiger partial charge < -0.3 is 19.6 Å². The Morgan fingerprint density at radius 3 is 2.60 bits per heavy atom. The molecule has 0 radical (unpaired) electrons. The predicted molar refractivity (Wildman–Crippen MR) is 140 cm³/mol. The van der Waals surface area contributed by atoms with E-state index in [2.05, 4.69) is 28.7 Å². The number of anilines is 1. The van der Waals surface area contributed by atoms with E-state index in [9.17, 15) is 4.79 Å². The molecule has 7 heteroatoms. The van der Waals surface area contributed by atoms with Crippen molar-refractivity contribution in [2.45, 2.75) is 13.5 Å². The van der Waals surface area contributed by atoms with Gasteiger partial charge in [0.2, 0.25) is 0 Å². The highest BCUT2D eigenvalue weighted by Gasteiger charge is 2.13. The van der Waals surface area contributed by atoms with Gasteiger partial charge in [-0.25, -0.2) is 0 Å². The van der Waals surface area contributed by atoms with E-state index in [-0.39, 0.29) is 12.5 Å². The van der Waals surface area contributed by atoms with Gasteiger partial charge in [-0.15, -0.1) is 0 Å². The highest BCUT2D eigenvalue weighted by Crippen LogP contribution is 2.37. The van der Waals surface area contributed by atoms with Gasteiger partial charge in [0, 0.05) is 11.3 Å². The summed E-state index contributed by atoms with van der Waals surface area (Å²) in [6.45, 7) is 2.10. The zero-order chi connectivity index (χ0) is 24.6. The molecule has 0 fully saturated rings. The molecule has 1 N–H and O–H groups in total. The molecule has 0 aliphatic carbocycles. The molecule has 0 aromatic heterocycles. The number of hydrogen-bond acceptors (Lipinski definition) is 5. The lowest BCUT2D eigenvalue weighted by molar-refractivity contribution is -0.120. The summed E-state index contributed by atoms with van der Waals surface area (Å²) in [7, 11) is 1.54. The molecule has 0 unspecified atom stereocenters. The van der Waals surface area contributed by atoms with Gasteiger partial charge in [0.1, 0.15) is 6.61 Å². The first kappa shape index (κ1) is 24.1. The van der Waals surface area contributed by atoms with Gasteiger partial charge in [0.15, 0.2) is 18.1 Å². The van der Waals surface area contributed by atoms with E-state index in [4.69, 9.17) is 25.9 Å². The van der Waals surface area contributed by atoms with Crippen molar-refractivity contribution in [3.05, 3.63) is 101 Å². The molecule has 35 heavy (non-hydrogen) atoms. The minimum absolute atomic E-state index is 0.221. The molecule has 4 aromatic rings. The minimum atomic E-state index is -0.307. The van der Waals surface area contributed by atoms with Crippen molar-refractivity contribution in [2.24, 2.45) is 5.16 Å². The van der Waals surface area contributed by atoms with Gasteiger partial charge in [-0.1, -0.05) is 76.9 Å². The van der Waals surface area contributed by atoms with E-state index in [1.807, 2.05) is 55.5 Å². The van der Waals surface area contributed by atoms with Gasteiger partial charge in [-0.3, -0.25) is 4.79 Å². The first-order valence-corrected chi connectivity index (χ1v) is 11.4. The molecule has 0 saturated carbocycles. The second-order valence-electron chi connectivity index (χ2n) is 7.88. The van der Waals surface area contributed by atoms with Crippen LogP contribution in [0.4, 0.5) is 5.69 Å². The van der Waals surface area contributed by atoms with Gasteiger partial charge in [-0.2, -0.15) is 0 Å². The van der Waals surface area contributed by atoms with Crippen LogP contribution in [0.1, 0.15) is 16.7 Å². The van der Waals surface area contributed by atoms with Crippen molar-refractivity contribution >= 4 is 40.2 Å². The zero-order valence-electron chi connectivity index (χ0n) is 19.5. The first-order chi connectivity index (χ1) is 17.0. The largest absolute Gasteiger partial charge is 0.493 e. The Balaban J connectivity index is 1.37. The number of carbonyl (C=O) groups excluding carboxylic acids is 1. The number of hydrogen-bond donors (Lipinski definition) is 1. The van der Waals surface area contributed by atoms with E-state index in [1.165, 1.54) is 6.21 Å². The number of nitrogens with one attached hydrogen (secondary N) is 1. The summed E-state index contributed by atoms with van der Waals surface area (Å²) in [6, 6.07) is 25.2. The van der Waals surface area contributed by atoms with Crippen LogP contribution < -0.4 is 14.8 Å². The first-order valence-electron chi connectivity index (χ1n) is 11.0. The van der Waals surface area contributed by atoms with Gasteiger partial charge >= 0.3 is 0 Å². The molecule has 0 aliphatic heterocycles. The van der Waals surface area contributed by atoms with Crippen LogP contribution in [0.5, 0.6) is 11.5 Å². The van der Waals surface area contributed by atoms with Crippen molar-refractivity contribution < 1.29 is 19.1 Å². The lowest BCUT2D eigenvalue weighted by Gasteiger charge is -2.14. The highest BCUT2D eigenvalue weighted by atomic mass is 35.5. The number of fused-ring (bicyclic) bond motifs is 1. The molecular formula is C28H25ClN2O4. The molecule has 1 amide bonds. The van der Waals surface area contributed by atoms with Crippen molar-refractivity contribution in [1.29, 1.82) is 0 Å². The van der Waals surface area contributed by atoms with E-state index < -0.39 is 0 Å². The SMILES string of the molecule is COc1cc(/C=N/OCC(=O)Nc2ccc(C)cc2)cc(Cl)c1OCc1cccc2ccccc12. The Labute approximate surface area is 209 Å². The number of halogens is 1. The summed E-state index contributed by atoms with van der Waals surface area (Å²) in [5.41, 5.74) is 3.50. The molecule has 0 atom stereocenters. The maximum absolute atomic E-state index is 12.0. The molecule has 6 nitrogen and oxygen atoms in total. The van der Waals surface area contributed by atoms with Gasteiger partial charge in [0.05, 0.1) is 18.3 Å². The molecule has 0 bridgehead atoms. The van der Waals surface area contributed by atoms with Crippen molar-refractivity contribution in [1.82, 2.24) is 0 Å². The second-order valence-corrected chi connectivity index (χ2v) is 8.29. The summed E-state index contributed by atoms with van der Waals surface area (Å²) in [5.74, 6) is 0.604. The maximum atomic E-state index is 12.0. The fourth-order valence-electron chi connectivity index (χ4n) is 3.55. The molecule has 0 heterocycles. The summed E-state index contributed by atoms with van der Waals surface area (Å²) in [4.78, 5) is 17.1. The fraction of sp³-hybridized carbons (Fsp3) is 0.143. The van der Waals surface area contributed by atoms with Crippen LogP contribution in [0.15, 0.2) is 84.0 Å². The number of aryl methyl sites for hydroxylation is 1. The highest BCUT2D eigenvalue weighted by molar-refractivity contribution is 6.32. The van der Waals surface area contributed by atoms with E-state index in [0.29, 0.717) is 34.4 Å². The lowest BCUT2D eigenvalue weighted by Crippen LogP contribution is -2.16.